The number of nitrogens with zero attached hydrogens (tertiary/aromatic N) is 1. The van der Waals surface area contributed by atoms with Crippen LogP contribution in [0.15, 0.2) is 36.4 Å². The van der Waals surface area contributed by atoms with Crippen LogP contribution in [0.5, 0.6) is 0 Å². The van der Waals surface area contributed by atoms with E-state index >= 15 is 0 Å². The number of carbonyl (C=O) groups excluding carboxylic acids is 3. The average molecular weight is 434 g/mol. The molecular formula is C25H27N3O4. The fourth-order valence-electron chi connectivity index (χ4n) is 3.60. The van der Waals surface area contributed by atoms with Gasteiger partial charge in [0.25, 0.3) is 5.91 Å². The first-order valence-electron chi connectivity index (χ1n) is 10.3. The maximum Gasteiger partial charge on any atom is 0.340 e. The number of fused-ring (bicyclic) bond motifs is 1. The summed E-state index contributed by atoms with van der Waals surface area (Å²) in [6.45, 7) is 8.79. The molecule has 1 aromatic heterocycles. The number of aryl methyl sites for hydroxylation is 5. The summed E-state index contributed by atoms with van der Waals surface area (Å²) < 4.78 is 5.13. The average Bonchev–Trinajstić information content (AvgIpc) is 2.72. The minimum atomic E-state index is -0.635. The maximum atomic E-state index is 12.5. The van der Waals surface area contributed by atoms with Crippen molar-refractivity contribution in [2.75, 3.05) is 18.5 Å². The summed E-state index contributed by atoms with van der Waals surface area (Å²) in [4.78, 5) is 41.2. The normalized spacial score (nSPS) is 10.7. The van der Waals surface area contributed by atoms with E-state index in [0.29, 0.717) is 11.3 Å². The molecule has 3 rings (SSSR count). The van der Waals surface area contributed by atoms with Crippen molar-refractivity contribution in [3.8, 4) is 0 Å². The summed E-state index contributed by atoms with van der Waals surface area (Å²) in [7, 11) is 0. The molecular weight excluding hydrogens is 406 g/mol. The van der Waals surface area contributed by atoms with Gasteiger partial charge in [0, 0.05) is 11.1 Å². The first-order chi connectivity index (χ1) is 15.1. The van der Waals surface area contributed by atoms with Crippen LogP contribution in [0.25, 0.3) is 10.9 Å². The van der Waals surface area contributed by atoms with Crippen LogP contribution < -0.4 is 10.6 Å². The molecule has 0 spiro atoms. The summed E-state index contributed by atoms with van der Waals surface area (Å²) in [5, 5.41) is 6.10. The van der Waals surface area contributed by atoms with Crippen molar-refractivity contribution in [3.05, 3.63) is 69.9 Å². The van der Waals surface area contributed by atoms with Gasteiger partial charge in [0.2, 0.25) is 5.91 Å². The molecule has 0 saturated heterocycles. The number of ether oxygens (including phenoxy) is 1. The van der Waals surface area contributed by atoms with Crippen LogP contribution >= 0.6 is 0 Å². The summed E-state index contributed by atoms with van der Waals surface area (Å²) in [5.74, 6) is -1.55. The van der Waals surface area contributed by atoms with Crippen LogP contribution in [0.2, 0.25) is 0 Å². The van der Waals surface area contributed by atoms with Crippen LogP contribution in [0, 0.1) is 34.6 Å². The molecule has 7 heteroatoms. The van der Waals surface area contributed by atoms with E-state index in [1.807, 2.05) is 58.0 Å². The number of benzene rings is 2. The Labute approximate surface area is 187 Å². The Balaban J connectivity index is 1.54. The first kappa shape index (κ1) is 22.9. The highest BCUT2D eigenvalue weighted by molar-refractivity contribution is 5.98. The molecule has 2 amide bonds. The molecule has 166 valence electrons. The SMILES string of the molecule is Cc1cc(C)c(NC(=O)CNC(=O)COC(=O)c2cc3cc(C)ccc3nc2C)c(C)c1. The van der Waals surface area contributed by atoms with E-state index in [9.17, 15) is 14.4 Å². The summed E-state index contributed by atoms with van der Waals surface area (Å²) in [6.07, 6.45) is 0. The van der Waals surface area contributed by atoms with Gasteiger partial charge < -0.3 is 15.4 Å². The Morgan fingerprint density at radius 1 is 0.875 bits per heavy atom. The molecule has 32 heavy (non-hydrogen) atoms. The van der Waals surface area contributed by atoms with Crippen LogP contribution in [0.3, 0.4) is 0 Å². The van der Waals surface area contributed by atoms with E-state index in [1.54, 1.807) is 13.0 Å². The Morgan fingerprint density at radius 3 is 2.25 bits per heavy atom. The molecule has 0 fully saturated rings. The van der Waals surface area contributed by atoms with E-state index in [1.165, 1.54) is 0 Å². The van der Waals surface area contributed by atoms with Crippen molar-refractivity contribution in [1.29, 1.82) is 0 Å². The number of carbonyl (C=O) groups is 3. The fourth-order valence-corrected chi connectivity index (χ4v) is 3.60. The van der Waals surface area contributed by atoms with E-state index in [-0.39, 0.29) is 12.5 Å². The molecule has 0 saturated carbocycles. The number of anilines is 1. The molecule has 1 heterocycles. The monoisotopic (exact) mass is 433 g/mol. The maximum absolute atomic E-state index is 12.5. The second-order valence-electron chi connectivity index (χ2n) is 7.99. The second-order valence-corrected chi connectivity index (χ2v) is 7.99. The van der Waals surface area contributed by atoms with Gasteiger partial charge in [-0.1, -0.05) is 29.3 Å². The smallest absolute Gasteiger partial charge is 0.340 e. The zero-order chi connectivity index (χ0) is 23.4. The number of amides is 2. The third-order valence-electron chi connectivity index (χ3n) is 5.10. The quantitative estimate of drug-likeness (QED) is 0.578. The molecule has 7 nitrogen and oxygen atoms in total. The van der Waals surface area contributed by atoms with Crippen LogP contribution in [-0.4, -0.2) is 35.9 Å². The lowest BCUT2D eigenvalue weighted by atomic mass is 10.1. The van der Waals surface area contributed by atoms with Crippen LogP contribution in [0.1, 0.15) is 38.3 Å². The lowest BCUT2D eigenvalue weighted by Gasteiger charge is -2.13. The van der Waals surface area contributed by atoms with Crippen molar-refractivity contribution in [1.82, 2.24) is 10.3 Å². The number of esters is 1. The highest BCUT2D eigenvalue weighted by atomic mass is 16.5. The predicted octanol–water partition coefficient (Wildman–Crippen LogP) is 3.69. The molecule has 0 aliphatic rings. The Morgan fingerprint density at radius 2 is 1.56 bits per heavy atom. The summed E-state index contributed by atoms with van der Waals surface area (Å²) >= 11 is 0. The third-order valence-corrected chi connectivity index (χ3v) is 5.10. The standard InChI is InChI=1S/C25H27N3O4/c1-14-6-7-21-19(10-14)11-20(18(5)27-21)25(31)32-13-23(30)26-12-22(29)28-24-16(3)8-15(2)9-17(24)4/h6-11H,12-13H2,1-5H3,(H,26,30)(H,28,29). The lowest BCUT2D eigenvalue weighted by molar-refractivity contribution is -0.126. The molecule has 2 aromatic carbocycles. The number of aromatic nitrogens is 1. The molecule has 0 aliphatic heterocycles. The van der Waals surface area contributed by atoms with Crippen molar-refractivity contribution < 1.29 is 19.1 Å². The topological polar surface area (TPSA) is 97.4 Å². The Bertz CT molecular complexity index is 1190. The van der Waals surface area contributed by atoms with Gasteiger partial charge >= 0.3 is 5.97 Å². The zero-order valence-electron chi connectivity index (χ0n) is 19.0. The second kappa shape index (κ2) is 9.60. The Hall–Kier alpha value is -3.74. The number of pyridine rings is 1. The molecule has 0 atom stereocenters. The number of nitrogens with one attached hydrogen (secondary N) is 2. The number of hydrogen-bond acceptors (Lipinski definition) is 5. The van der Waals surface area contributed by atoms with E-state index in [0.717, 1.165) is 38.8 Å². The molecule has 0 radical (unpaired) electrons. The van der Waals surface area contributed by atoms with Gasteiger partial charge in [-0.05, 0) is 63.9 Å². The van der Waals surface area contributed by atoms with Crippen molar-refractivity contribution in [2.24, 2.45) is 0 Å². The molecule has 0 bridgehead atoms. The Kier molecular flexibility index (Phi) is 6.88. The minimum absolute atomic E-state index is 0.223. The van der Waals surface area contributed by atoms with Gasteiger partial charge in [-0.2, -0.15) is 0 Å². The van der Waals surface area contributed by atoms with Gasteiger partial charge in [0.05, 0.1) is 23.3 Å². The van der Waals surface area contributed by atoms with Crippen molar-refractivity contribution in [2.45, 2.75) is 34.6 Å². The highest BCUT2D eigenvalue weighted by Gasteiger charge is 2.16. The van der Waals surface area contributed by atoms with Gasteiger partial charge in [-0.15, -0.1) is 0 Å². The van der Waals surface area contributed by atoms with E-state index in [4.69, 9.17) is 4.74 Å². The van der Waals surface area contributed by atoms with Gasteiger partial charge in [-0.3, -0.25) is 14.6 Å². The molecule has 2 N–H and O–H groups in total. The molecule has 0 aliphatic carbocycles. The van der Waals surface area contributed by atoms with E-state index < -0.39 is 18.5 Å². The third kappa shape index (κ3) is 5.49. The van der Waals surface area contributed by atoms with Gasteiger partial charge in [-0.25, -0.2) is 4.79 Å². The minimum Gasteiger partial charge on any atom is -0.452 e. The van der Waals surface area contributed by atoms with E-state index in [2.05, 4.69) is 15.6 Å². The zero-order valence-corrected chi connectivity index (χ0v) is 19.0. The largest absolute Gasteiger partial charge is 0.452 e. The highest BCUT2D eigenvalue weighted by Crippen LogP contribution is 2.22. The van der Waals surface area contributed by atoms with Gasteiger partial charge in [0.1, 0.15) is 0 Å². The van der Waals surface area contributed by atoms with Crippen LogP contribution in [0.4, 0.5) is 5.69 Å². The fraction of sp³-hybridized carbons (Fsp3) is 0.280. The first-order valence-corrected chi connectivity index (χ1v) is 10.3. The van der Waals surface area contributed by atoms with Crippen molar-refractivity contribution in [3.63, 3.8) is 0 Å². The number of rotatable bonds is 6. The van der Waals surface area contributed by atoms with Crippen LogP contribution in [-0.2, 0) is 14.3 Å². The lowest BCUT2D eigenvalue weighted by Crippen LogP contribution is -2.35. The van der Waals surface area contributed by atoms with Crippen molar-refractivity contribution >= 4 is 34.4 Å². The molecule has 0 unspecified atom stereocenters. The predicted molar refractivity (Wildman–Crippen MR) is 124 cm³/mol. The van der Waals surface area contributed by atoms with Gasteiger partial charge in [0.15, 0.2) is 6.61 Å². The number of hydrogen-bond donors (Lipinski definition) is 2. The summed E-state index contributed by atoms with van der Waals surface area (Å²) in [6, 6.07) is 11.4. The summed E-state index contributed by atoms with van der Waals surface area (Å²) in [5.41, 5.74) is 6.41. The molecule has 3 aromatic rings.